The molecule has 2 heteroatoms. The third-order valence-corrected chi connectivity index (χ3v) is 3.55. The Morgan fingerprint density at radius 2 is 1.79 bits per heavy atom. The summed E-state index contributed by atoms with van der Waals surface area (Å²) in [6.07, 6.45) is 4.49. The molecule has 0 radical (unpaired) electrons. The lowest BCUT2D eigenvalue weighted by Gasteiger charge is -2.21. The van der Waals surface area contributed by atoms with E-state index in [0.717, 1.165) is 6.42 Å². The highest BCUT2D eigenvalue weighted by Crippen LogP contribution is 2.25. The van der Waals surface area contributed by atoms with Crippen LogP contribution in [0, 0.1) is 0 Å². The van der Waals surface area contributed by atoms with E-state index in [0.29, 0.717) is 6.04 Å². The molecule has 1 atom stereocenters. The summed E-state index contributed by atoms with van der Waals surface area (Å²) in [6, 6.07) is 11.3. The molecular weight excluding hydrogens is 234 g/mol. The average Bonchev–Trinajstić information content (AvgIpc) is 2.88. The number of benzene rings is 1. The highest BCUT2D eigenvalue weighted by Gasteiger charge is 2.15. The van der Waals surface area contributed by atoms with Gasteiger partial charge in [0.05, 0.1) is 12.5 Å². The topological polar surface area (TPSA) is 25.2 Å². The van der Waals surface area contributed by atoms with Crippen LogP contribution in [0.15, 0.2) is 47.3 Å². The number of likely N-dealkylation sites (N-methyl/N-ethyl adjacent to an activating group) is 1. The van der Waals surface area contributed by atoms with Crippen molar-refractivity contribution < 1.29 is 4.42 Å². The third kappa shape index (κ3) is 3.48. The normalized spacial score (nSPS) is 13.5. The van der Waals surface area contributed by atoms with E-state index in [1.807, 2.05) is 19.4 Å². The van der Waals surface area contributed by atoms with Gasteiger partial charge >= 0.3 is 0 Å². The fourth-order valence-corrected chi connectivity index (χ4v) is 2.25. The molecular formula is C17H23NO. The van der Waals surface area contributed by atoms with Gasteiger partial charge in [-0.25, -0.2) is 0 Å². The summed E-state index contributed by atoms with van der Waals surface area (Å²) in [7, 11) is 2.00. The fraction of sp³-hybridized carbons (Fsp3) is 0.412. The molecule has 1 N–H and O–H groups in total. The van der Waals surface area contributed by atoms with Crippen LogP contribution in [0.1, 0.15) is 43.5 Å². The highest BCUT2D eigenvalue weighted by atomic mass is 16.3. The Morgan fingerprint density at radius 1 is 1.11 bits per heavy atom. The van der Waals surface area contributed by atoms with Crippen LogP contribution in [0.4, 0.5) is 0 Å². The zero-order valence-corrected chi connectivity index (χ0v) is 12.2. The van der Waals surface area contributed by atoms with E-state index in [1.165, 1.54) is 16.7 Å². The maximum atomic E-state index is 5.13. The van der Waals surface area contributed by atoms with Crippen molar-refractivity contribution in [2.45, 2.75) is 38.6 Å². The van der Waals surface area contributed by atoms with Crippen LogP contribution in [0.3, 0.4) is 0 Å². The molecule has 0 fully saturated rings. The van der Waals surface area contributed by atoms with E-state index in [-0.39, 0.29) is 5.41 Å². The van der Waals surface area contributed by atoms with Gasteiger partial charge in [0.1, 0.15) is 0 Å². The van der Waals surface area contributed by atoms with Crippen LogP contribution in [-0.2, 0) is 11.8 Å². The van der Waals surface area contributed by atoms with Gasteiger partial charge in [0, 0.05) is 6.04 Å². The molecule has 19 heavy (non-hydrogen) atoms. The summed E-state index contributed by atoms with van der Waals surface area (Å²) in [5.41, 5.74) is 4.11. The molecule has 102 valence electrons. The molecule has 1 aromatic heterocycles. The first-order valence-electron chi connectivity index (χ1n) is 6.79. The lowest BCUT2D eigenvalue weighted by molar-refractivity contribution is 0.551. The summed E-state index contributed by atoms with van der Waals surface area (Å²) in [6.45, 7) is 6.72. The SMILES string of the molecule is CNC(Cc1ccoc1)c1ccc(C(C)(C)C)cc1. The molecule has 0 aliphatic rings. The standard InChI is InChI=1S/C17H23NO/c1-17(2,3)15-7-5-14(6-8-15)16(18-4)11-13-9-10-19-12-13/h5-10,12,16,18H,11H2,1-4H3. The van der Waals surface area contributed by atoms with Gasteiger partial charge in [-0.15, -0.1) is 0 Å². The predicted octanol–water partition coefficient (Wildman–Crippen LogP) is 4.08. The summed E-state index contributed by atoms with van der Waals surface area (Å²) in [5, 5.41) is 3.37. The summed E-state index contributed by atoms with van der Waals surface area (Å²) >= 11 is 0. The van der Waals surface area contributed by atoms with E-state index in [2.05, 4.69) is 50.4 Å². The first-order valence-corrected chi connectivity index (χ1v) is 6.79. The largest absolute Gasteiger partial charge is 0.472 e. The smallest absolute Gasteiger partial charge is 0.0935 e. The van der Waals surface area contributed by atoms with Crippen molar-refractivity contribution in [3.63, 3.8) is 0 Å². The Kier molecular flexibility index (Phi) is 4.11. The second kappa shape index (κ2) is 5.62. The monoisotopic (exact) mass is 257 g/mol. The molecule has 2 rings (SSSR count). The molecule has 0 saturated carbocycles. The van der Waals surface area contributed by atoms with Crippen molar-refractivity contribution in [2.24, 2.45) is 0 Å². The maximum Gasteiger partial charge on any atom is 0.0935 e. The first kappa shape index (κ1) is 13.9. The van der Waals surface area contributed by atoms with Crippen molar-refractivity contribution >= 4 is 0 Å². The molecule has 0 aliphatic heterocycles. The van der Waals surface area contributed by atoms with Crippen molar-refractivity contribution in [3.8, 4) is 0 Å². The molecule has 2 nitrogen and oxygen atoms in total. The van der Waals surface area contributed by atoms with Crippen LogP contribution in [0.5, 0.6) is 0 Å². The lowest BCUT2D eigenvalue weighted by Crippen LogP contribution is -2.19. The Hall–Kier alpha value is -1.54. The predicted molar refractivity (Wildman–Crippen MR) is 79.4 cm³/mol. The third-order valence-electron chi connectivity index (χ3n) is 3.55. The van der Waals surface area contributed by atoms with Crippen LogP contribution in [-0.4, -0.2) is 7.05 Å². The van der Waals surface area contributed by atoms with Gasteiger partial charge in [0.25, 0.3) is 0 Å². The first-order chi connectivity index (χ1) is 9.00. The van der Waals surface area contributed by atoms with Gasteiger partial charge in [-0.2, -0.15) is 0 Å². The maximum absolute atomic E-state index is 5.13. The summed E-state index contributed by atoms with van der Waals surface area (Å²) in [5.74, 6) is 0. The van der Waals surface area contributed by atoms with Crippen molar-refractivity contribution in [1.29, 1.82) is 0 Å². The molecule has 0 saturated heterocycles. The van der Waals surface area contributed by atoms with E-state index in [1.54, 1.807) is 6.26 Å². The minimum Gasteiger partial charge on any atom is -0.472 e. The van der Waals surface area contributed by atoms with E-state index in [9.17, 15) is 0 Å². The molecule has 0 aliphatic carbocycles. The molecule has 0 spiro atoms. The van der Waals surface area contributed by atoms with Gasteiger partial charge in [-0.1, -0.05) is 45.0 Å². The second-order valence-electron chi connectivity index (χ2n) is 6.05. The van der Waals surface area contributed by atoms with Gasteiger partial charge in [0.2, 0.25) is 0 Å². The number of hydrogen-bond acceptors (Lipinski definition) is 2. The Morgan fingerprint density at radius 3 is 2.26 bits per heavy atom. The molecule has 1 heterocycles. The zero-order chi connectivity index (χ0) is 13.9. The molecule has 1 unspecified atom stereocenters. The Balaban J connectivity index is 2.15. The van der Waals surface area contributed by atoms with Gasteiger partial charge < -0.3 is 9.73 Å². The van der Waals surface area contributed by atoms with Crippen LogP contribution < -0.4 is 5.32 Å². The molecule has 1 aromatic carbocycles. The quantitative estimate of drug-likeness (QED) is 0.892. The van der Waals surface area contributed by atoms with Crippen molar-refractivity contribution in [2.75, 3.05) is 7.05 Å². The number of furan rings is 1. The van der Waals surface area contributed by atoms with Crippen LogP contribution in [0.2, 0.25) is 0 Å². The highest BCUT2D eigenvalue weighted by molar-refractivity contribution is 5.30. The van der Waals surface area contributed by atoms with Gasteiger partial charge in [-0.05, 0) is 41.6 Å². The second-order valence-corrected chi connectivity index (χ2v) is 6.05. The van der Waals surface area contributed by atoms with E-state index < -0.39 is 0 Å². The lowest BCUT2D eigenvalue weighted by atomic mass is 9.86. The zero-order valence-electron chi connectivity index (χ0n) is 12.2. The summed E-state index contributed by atoms with van der Waals surface area (Å²) in [4.78, 5) is 0. The van der Waals surface area contributed by atoms with Gasteiger partial charge in [-0.3, -0.25) is 0 Å². The summed E-state index contributed by atoms with van der Waals surface area (Å²) < 4.78 is 5.13. The van der Waals surface area contributed by atoms with Crippen LogP contribution in [0.25, 0.3) is 0 Å². The minimum absolute atomic E-state index is 0.207. The molecule has 2 aromatic rings. The number of nitrogens with one attached hydrogen (secondary N) is 1. The van der Waals surface area contributed by atoms with E-state index >= 15 is 0 Å². The average molecular weight is 257 g/mol. The fourth-order valence-electron chi connectivity index (χ4n) is 2.25. The van der Waals surface area contributed by atoms with E-state index in [4.69, 9.17) is 4.42 Å². The van der Waals surface area contributed by atoms with Crippen molar-refractivity contribution in [3.05, 3.63) is 59.5 Å². The Bertz CT molecular complexity index is 491. The minimum atomic E-state index is 0.207. The number of rotatable bonds is 4. The molecule has 0 amide bonds. The van der Waals surface area contributed by atoms with Crippen molar-refractivity contribution in [1.82, 2.24) is 5.32 Å². The van der Waals surface area contributed by atoms with Gasteiger partial charge in [0.15, 0.2) is 0 Å². The van der Waals surface area contributed by atoms with Crippen LogP contribution >= 0.6 is 0 Å². The Labute approximate surface area is 115 Å². The molecule has 0 bridgehead atoms. The number of hydrogen-bond donors (Lipinski definition) is 1.